The van der Waals surface area contributed by atoms with Crippen LogP contribution < -0.4 is 5.32 Å². The molecule has 1 N–H and O–H groups in total. The molecule has 2 aromatic carbocycles. The third-order valence-corrected chi connectivity index (χ3v) is 2.98. The van der Waals surface area contributed by atoms with Gasteiger partial charge in [-0.05, 0) is 36.8 Å². The minimum absolute atomic E-state index is 0.233. The minimum Gasteiger partial charge on any atom is -0.340 e. The van der Waals surface area contributed by atoms with Gasteiger partial charge in [0.05, 0.1) is 5.52 Å². The molecule has 0 saturated carbocycles. The largest absolute Gasteiger partial charge is 0.340 e. The average Bonchev–Trinajstić information content (AvgIpc) is 2.43. The van der Waals surface area contributed by atoms with Crippen LogP contribution in [0.2, 0.25) is 0 Å². The van der Waals surface area contributed by atoms with Crippen molar-refractivity contribution >= 4 is 22.4 Å². The third-order valence-electron chi connectivity index (χ3n) is 2.98. The molecule has 0 fully saturated rings. The van der Waals surface area contributed by atoms with Crippen LogP contribution in [0.1, 0.15) is 5.56 Å². The Labute approximate surface area is 110 Å². The summed E-state index contributed by atoms with van der Waals surface area (Å²) in [6.07, 6.45) is 1.50. The van der Waals surface area contributed by atoms with E-state index in [9.17, 15) is 4.39 Å². The van der Waals surface area contributed by atoms with Crippen LogP contribution in [0, 0.1) is 12.7 Å². The van der Waals surface area contributed by atoms with E-state index in [0.717, 1.165) is 10.9 Å². The molecule has 0 spiro atoms. The Kier molecular flexibility index (Phi) is 2.83. The summed E-state index contributed by atoms with van der Waals surface area (Å²) in [6, 6.07) is 12.7. The van der Waals surface area contributed by atoms with Gasteiger partial charge in [-0.1, -0.05) is 18.2 Å². The Bertz CT molecular complexity index is 735. The van der Waals surface area contributed by atoms with Crippen molar-refractivity contribution in [2.24, 2.45) is 0 Å². The smallest absolute Gasteiger partial charge is 0.141 e. The summed E-state index contributed by atoms with van der Waals surface area (Å²) in [6.45, 7) is 1.74. The van der Waals surface area contributed by atoms with Gasteiger partial charge in [-0.25, -0.2) is 14.4 Å². The minimum atomic E-state index is -0.233. The summed E-state index contributed by atoms with van der Waals surface area (Å²) in [5, 5.41) is 4.03. The molecule has 4 heteroatoms. The number of benzene rings is 2. The maximum absolute atomic E-state index is 13.5. The van der Waals surface area contributed by atoms with E-state index in [4.69, 9.17) is 0 Å². The van der Waals surface area contributed by atoms with E-state index in [2.05, 4.69) is 15.3 Å². The fourth-order valence-corrected chi connectivity index (χ4v) is 1.91. The van der Waals surface area contributed by atoms with Crippen molar-refractivity contribution in [3.05, 3.63) is 60.2 Å². The number of nitrogens with zero attached hydrogens (tertiary/aromatic N) is 2. The molecule has 0 aliphatic heterocycles. The zero-order chi connectivity index (χ0) is 13.2. The zero-order valence-corrected chi connectivity index (χ0v) is 10.4. The average molecular weight is 253 g/mol. The monoisotopic (exact) mass is 253 g/mol. The molecule has 1 heterocycles. The van der Waals surface area contributed by atoms with Crippen LogP contribution in [0.15, 0.2) is 48.8 Å². The number of hydrogen-bond acceptors (Lipinski definition) is 3. The Morgan fingerprint density at radius 2 is 1.89 bits per heavy atom. The quantitative estimate of drug-likeness (QED) is 0.754. The lowest BCUT2D eigenvalue weighted by atomic mass is 10.2. The van der Waals surface area contributed by atoms with Crippen LogP contribution in [-0.2, 0) is 0 Å². The highest BCUT2D eigenvalue weighted by molar-refractivity contribution is 5.90. The standard InChI is InChI=1S/C15H12FN3/c1-10-6-7-11(8-13(10)16)19-15-12-4-2-3-5-14(12)17-9-18-15/h2-9H,1H3,(H,17,18,19). The maximum Gasteiger partial charge on any atom is 0.141 e. The van der Waals surface area contributed by atoms with E-state index in [0.29, 0.717) is 17.1 Å². The molecular formula is C15H12FN3. The molecule has 19 heavy (non-hydrogen) atoms. The molecule has 0 bridgehead atoms. The van der Waals surface area contributed by atoms with Gasteiger partial charge in [0.15, 0.2) is 0 Å². The van der Waals surface area contributed by atoms with E-state index in [1.807, 2.05) is 30.3 Å². The van der Waals surface area contributed by atoms with Gasteiger partial charge in [0.2, 0.25) is 0 Å². The number of aromatic nitrogens is 2. The fourth-order valence-electron chi connectivity index (χ4n) is 1.91. The lowest BCUT2D eigenvalue weighted by Crippen LogP contribution is -1.96. The van der Waals surface area contributed by atoms with Crippen molar-refractivity contribution in [2.45, 2.75) is 6.92 Å². The zero-order valence-electron chi connectivity index (χ0n) is 10.4. The molecule has 94 valence electrons. The number of rotatable bonds is 2. The van der Waals surface area contributed by atoms with Crippen LogP contribution in [0.3, 0.4) is 0 Å². The lowest BCUT2D eigenvalue weighted by Gasteiger charge is -2.08. The predicted molar refractivity (Wildman–Crippen MR) is 74.0 cm³/mol. The number of halogens is 1. The van der Waals surface area contributed by atoms with Crippen molar-refractivity contribution in [2.75, 3.05) is 5.32 Å². The summed E-state index contributed by atoms with van der Waals surface area (Å²) < 4.78 is 13.5. The van der Waals surface area contributed by atoms with Crippen molar-refractivity contribution < 1.29 is 4.39 Å². The summed E-state index contributed by atoms with van der Waals surface area (Å²) in [7, 11) is 0. The van der Waals surface area contributed by atoms with Gasteiger partial charge in [-0.3, -0.25) is 0 Å². The van der Waals surface area contributed by atoms with Gasteiger partial charge >= 0.3 is 0 Å². The summed E-state index contributed by atoms with van der Waals surface area (Å²) in [5.41, 5.74) is 2.15. The van der Waals surface area contributed by atoms with Crippen LogP contribution in [0.5, 0.6) is 0 Å². The first-order valence-electron chi connectivity index (χ1n) is 5.97. The molecule has 0 aliphatic carbocycles. The Morgan fingerprint density at radius 3 is 2.74 bits per heavy atom. The highest BCUT2D eigenvalue weighted by atomic mass is 19.1. The number of anilines is 2. The molecule has 0 aliphatic rings. The fraction of sp³-hybridized carbons (Fsp3) is 0.0667. The summed E-state index contributed by atoms with van der Waals surface area (Å²) in [5.74, 6) is 0.442. The topological polar surface area (TPSA) is 37.8 Å². The van der Waals surface area contributed by atoms with Crippen molar-refractivity contribution in [1.29, 1.82) is 0 Å². The summed E-state index contributed by atoms with van der Waals surface area (Å²) >= 11 is 0. The second-order valence-electron chi connectivity index (χ2n) is 4.33. The predicted octanol–water partition coefficient (Wildman–Crippen LogP) is 3.82. The van der Waals surface area contributed by atoms with E-state index in [1.54, 1.807) is 13.0 Å². The number of aryl methyl sites for hydroxylation is 1. The van der Waals surface area contributed by atoms with Gasteiger partial charge in [0, 0.05) is 11.1 Å². The van der Waals surface area contributed by atoms with Crippen molar-refractivity contribution in [3.8, 4) is 0 Å². The number of nitrogens with one attached hydrogen (secondary N) is 1. The Balaban J connectivity index is 2.03. The van der Waals surface area contributed by atoms with Crippen LogP contribution >= 0.6 is 0 Å². The molecule has 0 unspecified atom stereocenters. The number of hydrogen-bond donors (Lipinski definition) is 1. The Hall–Kier alpha value is -2.49. The third kappa shape index (κ3) is 2.25. The summed E-state index contributed by atoms with van der Waals surface area (Å²) in [4.78, 5) is 8.40. The second-order valence-corrected chi connectivity index (χ2v) is 4.33. The van der Waals surface area contributed by atoms with Gasteiger partial charge in [0.25, 0.3) is 0 Å². The first-order chi connectivity index (χ1) is 9.24. The van der Waals surface area contributed by atoms with Gasteiger partial charge in [-0.2, -0.15) is 0 Å². The molecule has 0 saturated heterocycles. The van der Waals surface area contributed by atoms with E-state index < -0.39 is 0 Å². The lowest BCUT2D eigenvalue weighted by molar-refractivity contribution is 0.619. The Morgan fingerprint density at radius 1 is 1.05 bits per heavy atom. The van der Waals surface area contributed by atoms with Crippen LogP contribution in [-0.4, -0.2) is 9.97 Å². The highest BCUT2D eigenvalue weighted by Crippen LogP contribution is 2.23. The first-order valence-corrected chi connectivity index (χ1v) is 5.97. The number of para-hydroxylation sites is 1. The van der Waals surface area contributed by atoms with E-state index in [1.165, 1.54) is 12.4 Å². The van der Waals surface area contributed by atoms with Gasteiger partial charge in [0.1, 0.15) is 18.0 Å². The molecule has 0 atom stereocenters. The molecule has 0 amide bonds. The van der Waals surface area contributed by atoms with Gasteiger partial charge < -0.3 is 5.32 Å². The molecule has 1 aromatic heterocycles. The van der Waals surface area contributed by atoms with Crippen molar-refractivity contribution in [3.63, 3.8) is 0 Å². The van der Waals surface area contributed by atoms with Crippen molar-refractivity contribution in [1.82, 2.24) is 9.97 Å². The van der Waals surface area contributed by atoms with Gasteiger partial charge in [-0.15, -0.1) is 0 Å². The molecule has 3 nitrogen and oxygen atoms in total. The normalized spacial score (nSPS) is 10.6. The van der Waals surface area contributed by atoms with E-state index >= 15 is 0 Å². The maximum atomic E-state index is 13.5. The van der Waals surface area contributed by atoms with E-state index in [-0.39, 0.29) is 5.82 Å². The molecule has 3 rings (SSSR count). The highest BCUT2D eigenvalue weighted by Gasteiger charge is 2.04. The second kappa shape index (κ2) is 4.65. The molecule has 0 radical (unpaired) electrons. The first kappa shape index (κ1) is 11.6. The van der Waals surface area contributed by atoms with Crippen LogP contribution in [0.4, 0.5) is 15.9 Å². The SMILES string of the molecule is Cc1ccc(Nc2ncnc3ccccc23)cc1F. The molecular weight excluding hydrogens is 241 g/mol. The number of fused-ring (bicyclic) bond motifs is 1. The molecule has 3 aromatic rings. The van der Waals surface area contributed by atoms with Crippen LogP contribution in [0.25, 0.3) is 10.9 Å².